The van der Waals surface area contributed by atoms with Crippen molar-refractivity contribution in [3.63, 3.8) is 0 Å². The highest BCUT2D eigenvalue weighted by molar-refractivity contribution is 5.85. The molecule has 0 aliphatic rings. The predicted molar refractivity (Wildman–Crippen MR) is 55.1 cm³/mol. The van der Waals surface area contributed by atoms with Gasteiger partial charge in [-0.15, -0.1) is 12.4 Å². The van der Waals surface area contributed by atoms with Crippen LogP contribution >= 0.6 is 12.4 Å². The van der Waals surface area contributed by atoms with Crippen molar-refractivity contribution in [1.82, 2.24) is 5.32 Å². The molecule has 0 aromatic heterocycles. The van der Waals surface area contributed by atoms with E-state index >= 15 is 0 Å². The number of ether oxygens (including phenoxy) is 1. The zero-order valence-corrected chi connectivity index (χ0v) is 9.40. The summed E-state index contributed by atoms with van der Waals surface area (Å²) >= 11 is 0. The minimum atomic E-state index is -0.446. The van der Waals surface area contributed by atoms with E-state index in [-0.39, 0.29) is 18.4 Å². The summed E-state index contributed by atoms with van der Waals surface area (Å²) in [5, 5.41) is 2.60. The molecule has 0 saturated carbocycles. The van der Waals surface area contributed by atoms with E-state index in [4.69, 9.17) is 10.5 Å². The molecule has 3 N–H and O–H groups in total. The minimum Gasteiger partial charge on any atom is -0.444 e. The monoisotopic (exact) mass is 210 g/mol. The molecule has 0 fully saturated rings. The Hall–Kier alpha value is -0.480. The minimum absolute atomic E-state index is 0. The Morgan fingerprint density at radius 1 is 1.54 bits per heavy atom. The Balaban J connectivity index is 0. The van der Waals surface area contributed by atoms with E-state index < -0.39 is 11.7 Å². The molecule has 0 aliphatic carbocycles. The summed E-state index contributed by atoms with van der Waals surface area (Å²) in [7, 11) is 0. The molecule has 13 heavy (non-hydrogen) atoms. The Kier molecular flexibility index (Phi) is 6.98. The summed E-state index contributed by atoms with van der Waals surface area (Å²) in [6, 6.07) is -0.0418. The van der Waals surface area contributed by atoms with Gasteiger partial charge >= 0.3 is 6.09 Å². The molecule has 1 amide bonds. The van der Waals surface area contributed by atoms with Crippen molar-refractivity contribution >= 4 is 18.5 Å². The number of halogens is 1. The lowest BCUT2D eigenvalue weighted by atomic mass is 10.2. The van der Waals surface area contributed by atoms with Crippen molar-refractivity contribution in [1.29, 1.82) is 0 Å². The van der Waals surface area contributed by atoms with E-state index in [1.165, 1.54) is 0 Å². The quantitative estimate of drug-likeness (QED) is 0.722. The Bertz CT molecular complexity index is 157. The van der Waals surface area contributed by atoms with E-state index in [2.05, 4.69) is 5.32 Å². The van der Waals surface area contributed by atoms with Crippen LogP contribution in [0.25, 0.3) is 0 Å². The third-order valence-corrected chi connectivity index (χ3v) is 1.12. The molecule has 0 bridgehead atoms. The lowest BCUT2D eigenvalue weighted by Gasteiger charge is -2.21. The second kappa shape index (κ2) is 6.05. The second-order valence-electron chi connectivity index (χ2n) is 3.78. The maximum absolute atomic E-state index is 11.0. The van der Waals surface area contributed by atoms with Crippen molar-refractivity contribution in [2.45, 2.75) is 39.3 Å². The molecule has 0 spiro atoms. The fourth-order valence-electron chi connectivity index (χ4n) is 0.568. The molecule has 0 aromatic rings. The number of nitrogens with two attached hydrogens (primary N) is 1. The highest BCUT2D eigenvalue weighted by atomic mass is 35.5. The van der Waals surface area contributed by atoms with Crippen molar-refractivity contribution in [2.75, 3.05) is 6.54 Å². The number of hydrogen-bond donors (Lipinski definition) is 2. The Labute approximate surface area is 85.6 Å². The van der Waals surface area contributed by atoms with E-state index in [1.807, 2.05) is 27.7 Å². The molecule has 0 aliphatic heterocycles. The van der Waals surface area contributed by atoms with Gasteiger partial charge in [0.1, 0.15) is 5.60 Å². The fraction of sp³-hybridized carbons (Fsp3) is 0.875. The number of carbonyl (C=O) groups excluding carboxylic acids is 1. The molecule has 80 valence electrons. The zero-order chi connectivity index (χ0) is 9.78. The van der Waals surface area contributed by atoms with Crippen LogP contribution in [0.5, 0.6) is 0 Å². The largest absolute Gasteiger partial charge is 0.444 e. The Morgan fingerprint density at radius 3 is 2.31 bits per heavy atom. The standard InChI is InChI=1S/C8H18N2O2.ClH/c1-6(5-9)10-7(11)12-8(2,3)4;/h6H,5,9H2,1-4H3,(H,10,11);1H/t6-;/m0./s1. The number of carbonyl (C=O) groups is 1. The van der Waals surface area contributed by atoms with E-state index in [0.717, 1.165) is 0 Å². The number of rotatable bonds is 2. The normalized spacial score (nSPS) is 12.7. The number of hydrogen-bond acceptors (Lipinski definition) is 3. The van der Waals surface area contributed by atoms with Gasteiger partial charge in [-0.3, -0.25) is 0 Å². The lowest BCUT2D eigenvalue weighted by molar-refractivity contribution is 0.0510. The number of alkyl carbamates (subject to hydrolysis) is 1. The van der Waals surface area contributed by atoms with Gasteiger partial charge in [-0.2, -0.15) is 0 Å². The molecule has 0 rings (SSSR count). The average molecular weight is 211 g/mol. The van der Waals surface area contributed by atoms with E-state index in [0.29, 0.717) is 6.54 Å². The van der Waals surface area contributed by atoms with Crippen LogP contribution in [0.15, 0.2) is 0 Å². The summed E-state index contributed by atoms with van der Waals surface area (Å²) in [5.74, 6) is 0. The molecule has 0 unspecified atom stereocenters. The first kappa shape index (κ1) is 15.0. The van der Waals surface area contributed by atoms with Crippen LogP contribution < -0.4 is 11.1 Å². The molecule has 4 nitrogen and oxygen atoms in total. The van der Waals surface area contributed by atoms with Gasteiger partial charge in [0.15, 0.2) is 0 Å². The summed E-state index contributed by atoms with van der Waals surface area (Å²) in [6.07, 6.45) is -0.416. The summed E-state index contributed by atoms with van der Waals surface area (Å²) in [5.41, 5.74) is 4.87. The van der Waals surface area contributed by atoms with E-state index in [1.54, 1.807) is 0 Å². The van der Waals surface area contributed by atoms with Crippen LogP contribution in [0.1, 0.15) is 27.7 Å². The highest BCUT2D eigenvalue weighted by Crippen LogP contribution is 2.06. The van der Waals surface area contributed by atoms with Gasteiger partial charge in [0.05, 0.1) is 0 Å². The molecule has 0 saturated heterocycles. The molecule has 1 atom stereocenters. The average Bonchev–Trinajstić information content (AvgIpc) is 1.82. The molecular formula is C8H19ClN2O2. The van der Waals surface area contributed by atoms with Crippen molar-refractivity contribution in [3.8, 4) is 0 Å². The molecule has 0 heterocycles. The third kappa shape index (κ3) is 9.43. The van der Waals surface area contributed by atoms with Crippen LogP contribution in [-0.2, 0) is 4.74 Å². The van der Waals surface area contributed by atoms with Gasteiger partial charge in [0.2, 0.25) is 0 Å². The number of nitrogens with one attached hydrogen (secondary N) is 1. The van der Waals surface area contributed by atoms with Crippen LogP contribution in [0.3, 0.4) is 0 Å². The van der Waals surface area contributed by atoms with Crippen LogP contribution in [0.2, 0.25) is 0 Å². The topological polar surface area (TPSA) is 64.3 Å². The molecule has 0 radical (unpaired) electrons. The first-order valence-electron chi connectivity index (χ1n) is 4.04. The van der Waals surface area contributed by atoms with Gasteiger partial charge in [-0.05, 0) is 27.7 Å². The zero-order valence-electron chi connectivity index (χ0n) is 8.59. The summed E-state index contributed by atoms with van der Waals surface area (Å²) in [4.78, 5) is 11.0. The lowest BCUT2D eigenvalue weighted by Crippen LogP contribution is -2.41. The summed E-state index contributed by atoms with van der Waals surface area (Å²) in [6.45, 7) is 7.70. The van der Waals surface area contributed by atoms with Gasteiger partial charge in [-0.25, -0.2) is 4.79 Å². The van der Waals surface area contributed by atoms with Crippen LogP contribution in [-0.4, -0.2) is 24.3 Å². The predicted octanol–water partition coefficient (Wildman–Crippen LogP) is 1.28. The van der Waals surface area contributed by atoms with Crippen molar-refractivity contribution in [3.05, 3.63) is 0 Å². The van der Waals surface area contributed by atoms with Crippen molar-refractivity contribution < 1.29 is 9.53 Å². The van der Waals surface area contributed by atoms with Crippen LogP contribution in [0, 0.1) is 0 Å². The first-order valence-corrected chi connectivity index (χ1v) is 4.04. The number of amides is 1. The Morgan fingerprint density at radius 2 is 2.00 bits per heavy atom. The van der Waals surface area contributed by atoms with Crippen molar-refractivity contribution in [2.24, 2.45) is 5.73 Å². The molecule has 0 aromatic carbocycles. The van der Waals surface area contributed by atoms with Gasteiger partial charge in [0, 0.05) is 12.6 Å². The third-order valence-electron chi connectivity index (χ3n) is 1.12. The summed E-state index contributed by atoms with van der Waals surface area (Å²) < 4.78 is 5.00. The first-order chi connectivity index (χ1) is 5.35. The van der Waals surface area contributed by atoms with Crippen LogP contribution in [0.4, 0.5) is 4.79 Å². The van der Waals surface area contributed by atoms with Gasteiger partial charge in [-0.1, -0.05) is 0 Å². The maximum Gasteiger partial charge on any atom is 0.407 e. The molecule has 5 heteroatoms. The highest BCUT2D eigenvalue weighted by Gasteiger charge is 2.16. The second-order valence-corrected chi connectivity index (χ2v) is 3.78. The van der Waals surface area contributed by atoms with Gasteiger partial charge < -0.3 is 15.8 Å². The smallest absolute Gasteiger partial charge is 0.407 e. The fourth-order valence-corrected chi connectivity index (χ4v) is 0.568. The van der Waals surface area contributed by atoms with E-state index in [9.17, 15) is 4.79 Å². The molecular weight excluding hydrogens is 192 g/mol. The van der Waals surface area contributed by atoms with Gasteiger partial charge in [0.25, 0.3) is 0 Å². The maximum atomic E-state index is 11.0. The SMILES string of the molecule is C[C@@H](CN)NC(=O)OC(C)(C)C.Cl.